The number of hydrogen-bond donors (Lipinski definition) is 2. The first kappa shape index (κ1) is 16.2. The Morgan fingerprint density at radius 3 is 2.50 bits per heavy atom. The van der Waals surface area contributed by atoms with Gasteiger partial charge in [0.25, 0.3) is 5.69 Å². The zero-order valence-electron chi connectivity index (χ0n) is 11.6. The lowest BCUT2D eigenvalue weighted by Crippen LogP contribution is -2.25. The van der Waals surface area contributed by atoms with Crippen molar-refractivity contribution in [3.8, 4) is 0 Å². The molecule has 0 fully saturated rings. The van der Waals surface area contributed by atoms with E-state index in [9.17, 15) is 18.5 Å². The molecule has 0 bridgehead atoms. The minimum Gasteiger partial charge on any atom is -0.370 e. The lowest BCUT2D eigenvalue weighted by atomic mass is 10.3. The molecule has 0 spiro atoms. The van der Waals surface area contributed by atoms with E-state index in [4.69, 9.17) is 0 Å². The highest BCUT2D eigenvalue weighted by atomic mass is 32.2. The first-order valence-corrected chi connectivity index (χ1v) is 8.12. The van der Waals surface area contributed by atoms with Crippen LogP contribution >= 0.6 is 0 Å². The fourth-order valence-corrected chi connectivity index (χ4v) is 2.71. The van der Waals surface area contributed by atoms with E-state index in [1.54, 1.807) is 6.92 Å². The normalized spacial score (nSPS) is 12.8. The summed E-state index contributed by atoms with van der Waals surface area (Å²) in [6.45, 7) is 4.10. The van der Waals surface area contributed by atoms with E-state index < -0.39 is 20.8 Å². The van der Waals surface area contributed by atoms with Gasteiger partial charge < -0.3 is 10.6 Å². The maximum Gasteiger partial charge on any atom is 0.276 e. The van der Waals surface area contributed by atoms with E-state index in [1.807, 2.05) is 6.92 Å². The van der Waals surface area contributed by atoms with Gasteiger partial charge in [-0.3, -0.25) is 10.1 Å². The zero-order valence-corrected chi connectivity index (χ0v) is 12.4. The van der Waals surface area contributed by atoms with Crippen LogP contribution in [0, 0.1) is 10.1 Å². The number of pyridine rings is 1. The smallest absolute Gasteiger partial charge is 0.276 e. The Bertz CT molecular complexity index is 588. The van der Waals surface area contributed by atoms with Gasteiger partial charge in [0.2, 0.25) is 0 Å². The number of sulfone groups is 1. The maximum absolute atomic E-state index is 11.2. The molecule has 1 atom stereocenters. The quantitative estimate of drug-likeness (QED) is 0.575. The SMILES string of the molecule is CCNc1cc([N+](=O)[O-])cc(NC(C)CS(C)(=O)=O)n1. The summed E-state index contributed by atoms with van der Waals surface area (Å²) in [5, 5.41) is 16.6. The van der Waals surface area contributed by atoms with Gasteiger partial charge in [-0.15, -0.1) is 0 Å². The van der Waals surface area contributed by atoms with E-state index in [2.05, 4.69) is 15.6 Å². The Kier molecular flexibility index (Phi) is 5.26. The van der Waals surface area contributed by atoms with Gasteiger partial charge in [0.1, 0.15) is 21.5 Å². The van der Waals surface area contributed by atoms with Crippen molar-refractivity contribution >= 4 is 27.2 Å². The molecular weight excluding hydrogens is 284 g/mol. The molecule has 0 aliphatic heterocycles. The summed E-state index contributed by atoms with van der Waals surface area (Å²) in [6.07, 6.45) is 1.14. The summed E-state index contributed by atoms with van der Waals surface area (Å²) in [6, 6.07) is 2.21. The van der Waals surface area contributed by atoms with Gasteiger partial charge in [0.05, 0.1) is 22.8 Å². The average Bonchev–Trinajstić information content (AvgIpc) is 2.26. The maximum atomic E-state index is 11.2. The molecule has 112 valence electrons. The summed E-state index contributed by atoms with van der Waals surface area (Å²) >= 11 is 0. The summed E-state index contributed by atoms with van der Waals surface area (Å²) in [7, 11) is -3.13. The summed E-state index contributed by atoms with van der Waals surface area (Å²) in [4.78, 5) is 14.5. The fraction of sp³-hybridized carbons (Fsp3) is 0.545. The van der Waals surface area contributed by atoms with Crippen molar-refractivity contribution in [2.24, 2.45) is 0 Å². The highest BCUT2D eigenvalue weighted by molar-refractivity contribution is 7.90. The first-order chi connectivity index (χ1) is 9.21. The lowest BCUT2D eigenvalue weighted by molar-refractivity contribution is -0.384. The Labute approximate surface area is 117 Å². The molecular formula is C11H18N4O4S. The molecule has 1 rings (SSSR count). The number of hydrogen-bond acceptors (Lipinski definition) is 7. The van der Waals surface area contributed by atoms with Gasteiger partial charge in [0.15, 0.2) is 0 Å². The fourth-order valence-electron chi connectivity index (χ4n) is 1.72. The summed E-state index contributed by atoms with van der Waals surface area (Å²) in [5.41, 5.74) is -0.106. The van der Waals surface area contributed by atoms with Crippen molar-refractivity contribution in [2.45, 2.75) is 19.9 Å². The summed E-state index contributed by atoms with van der Waals surface area (Å²) < 4.78 is 22.4. The molecule has 0 saturated heterocycles. The monoisotopic (exact) mass is 302 g/mol. The predicted molar refractivity (Wildman–Crippen MR) is 77.9 cm³/mol. The molecule has 0 amide bonds. The number of aromatic nitrogens is 1. The minimum absolute atomic E-state index is 0.0755. The third kappa shape index (κ3) is 5.39. The number of rotatable bonds is 7. The van der Waals surface area contributed by atoms with Crippen LogP contribution in [0.4, 0.5) is 17.3 Å². The van der Waals surface area contributed by atoms with E-state index in [-0.39, 0.29) is 17.3 Å². The Hall–Kier alpha value is -1.90. The average molecular weight is 302 g/mol. The van der Waals surface area contributed by atoms with Crippen LogP contribution < -0.4 is 10.6 Å². The third-order valence-corrected chi connectivity index (χ3v) is 3.43. The molecule has 0 aliphatic carbocycles. The van der Waals surface area contributed by atoms with Crippen LogP contribution in [0.3, 0.4) is 0 Å². The van der Waals surface area contributed by atoms with Crippen LogP contribution in [-0.2, 0) is 9.84 Å². The van der Waals surface area contributed by atoms with Crippen molar-refractivity contribution < 1.29 is 13.3 Å². The first-order valence-electron chi connectivity index (χ1n) is 6.06. The number of nitro groups is 1. The van der Waals surface area contributed by atoms with E-state index in [0.29, 0.717) is 12.4 Å². The Balaban J connectivity index is 2.96. The Morgan fingerprint density at radius 2 is 2.00 bits per heavy atom. The van der Waals surface area contributed by atoms with Crippen LogP contribution in [0.25, 0.3) is 0 Å². The van der Waals surface area contributed by atoms with Crippen molar-refractivity contribution in [1.82, 2.24) is 4.98 Å². The van der Waals surface area contributed by atoms with Gasteiger partial charge in [-0.1, -0.05) is 0 Å². The molecule has 0 aliphatic rings. The lowest BCUT2D eigenvalue weighted by Gasteiger charge is -2.14. The number of nitrogens with one attached hydrogen (secondary N) is 2. The standard InChI is InChI=1S/C11H18N4O4S/c1-4-12-10-5-9(15(16)17)6-11(14-10)13-8(2)7-20(3,18)19/h5-6,8H,4,7H2,1-3H3,(H2,12,13,14). The van der Waals surface area contributed by atoms with Crippen molar-refractivity contribution in [2.75, 3.05) is 29.2 Å². The second kappa shape index (κ2) is 6.51. The van der Waals surface area contributed by atoms with Gasteiger partial charge in [0, 0.05) is 18.8 Å². The molecule has 1 aromatic rings. The van der Waals surface area contributed by atoms with Gasteiger partial charge in [-0.25, -0.2) is 13.4 Å². The molecule has 8 nitrogen and oxygen atoms in total. The Morgan fingerprint density at radius 1 is 1.40 bits per heavy atom. The van der Waals surface area contributed by atoms with E-state index in [0.717, 1.165) is 6.26 Å². The van der Waals surface area contributed by atoms with E-state index >= 15 is 0 Å². The third-order valence-electron chi connectivity index (χ3n) is 2.33. The number of anilines is 2. The second-order valence-corrected chi connectivity index (χ2v) is 6.71. The van der Waals surface area contributed by atoms with Crippen LogP contribution in [0.2, 0.25) is 0 Å². The van der Waals surface area contributed by atoms with Crippen molar-refractivity contribution in [1.29, 1.82) is 0 Å². The molecule has 1 heterocycles. The molecule has 9 heteroatoms. The molecule has 20 heavy (non-hydrogen) atoms. The van der Waals surface area contributed by atoms with E-state index in [1.165, 1.54) is 12.1 Å². The van der Waals surface area contributed by atoms with Gasteiger partial charge >= 0.3 is 0 Å². The van der Waals surface area contributed by atoms with Crippen LogP contribution in [0.5, 0.6) is 0 Å². The van der Waals surface area contributed by atoms with Crippen molar-refractivity contribution in [3.63, 3.8) is 0 Å². The van der Waals surface area contributed by atoms with Crippen molar-refractivity contribution in [3.05, 3.63) is 22.2 Å². The highest BCUT2D eigenvalue weighted by Gasteiger charge is 2.15. The van der Waals surface area contributed by atoms with Gasteiger partial charge in [-0.05, 0) is 13.8 Å². The largest absolute Gasteiger partial charge is 0.370 e. The van der Waals surface area contributed by atoms with Crippen LogP contribution in [0.1, 0.15) is 13.8 Å². The molecule has 2 N–H and O–H groups in total. The molecule has 1 unspecified atom stereocenters. The zero-order chi connectivity index (χ0) is 15.3. The summed E-state index contributed by atoms with van der Waals surface area (Å²) in [5.74, 6) is 0.565. The highest BCUT2D eigenvalue weighted by Crippen LogP contribution is 2.21. The molecule has 0 radical (unpaired) electrons. The molecule has 1 aromatic heterocycles. The van der Waals surface area contributed by atoms with Gasteiger partial charge in [-0.2, -0.15) is 0 Å². The second-order valence-electron chi connectivity index (χ2n) is 4.52. The molecule has 0 aromatic carbocycles. The van der Waals surface area contributed by atoms with Crippen LogP contribution in [-0.4, -0.2) is 42.9 Å². The minimum atomic E-state index is -3.13. The predicted octanol–water partition coefficient (Wildman–Crippen LogP) is 1.27. The topological polar surface area (TPSA) is 114 Å². The number of nitrogens with zero attached hydrogens (tertiary/aromatic N) is 2. The van der Waals surface area contributed by atoms with Crippen LogP contribution in [0.15, 0.2) is 12.1 Å². The molecule has 0 saturated carbocycles.